The van der Waals surface area contributed by atoms with Crippen molar-refractivity contribution in [3.05, 3.63) is 212 Å². The van der Waals surface area contributed by atoms with Crippen LogP contribution >= 0.6 is 11.3 Å². The second-order valence-electron chi connectivity index (χ2n) is 15.5. The highest BCUT2D eigenvalue weighted by molar-refractivity contribution is 7.26. The van der Waals surface area contributed by atoms with Gasteiger partial charge in [0.2, 0.25) is 0 Å². The van der Waals surface area contributed by atoms with E-state index in [0.29, 0.717) is 17.5 Å². The average molecular weight is 794 g/mol. The summed E-state index contributed by atoms with van der Waals surface area (Å²) in [5, 5.41) is 9.98. The van der Waals surface area contributed by atoms with E-state index in [1.807, 2.05) is 17.4 Å². The lowest BCUT2D eigenvalue weighted by molar-refractivity contribution is 1.07. The van der Waals surface area contributed by atoms with Gasteiger partial charge in [-0.25, -0.2) is 15.0 Å². The topological polar surface area (TPSA) is 38.7 Å². The number of thiophene rings is 1. The first kappa shape index (κ1) is 35.2. The van der Waals surface area contributed by atoms with Crippen molar-refractivity contribution < 1.29 is 0 Å². The second-order valence-corrected chi connectivity index (χ2v) is 16.6. The van der Waals surface area contributed by atoms with Gasteiger partial charge in [-0.1, -0.05) is 200 Å². The summed E-state index contributed by atoms with van der Waals surface area (Å²) < 4.78 is 2.53. The normalized spacial score (nSPS) is 11.6. The summed E-state index contributed by atoms with van der Waals surface area (Å²) in [4.78, 5) is 15.7. The second kappa shape index (κ2) is 14.5. The lowest BCUT2D eigenvalue weighted by atomic mass is 9.89. The molecule has 4 heteroatoms. The molecule has 0 aliphatic heterocycles. The zero-order valence-corrected chi connectivity index (χ0v) is 33.8. The highest BCUT2D eigenvalue weighted by Gasteiger charge is 2.19. The molecule has 0 aliphatic carbocycles. The molecule has 0 amide bonds. The van der Waals surface area contributed by atoms with Crippen LogP contribution in [0, 0.1) is 0 Å². The summed E-state index contributed by atoms with van der Waals surface area (Å²) in [6, 6.07) is 75.8. The third kappa shape index (κ3) is 6.07. The van der Waals surface area contributed by atoms with Gasteiger partial charge < -0.3 is 0 Å². The van der Waals surface area contributed by atoms with Gasteiger partial charge >= 0.3 is 0 Å². The number of hydrogen-bond acceptors (Lipinski definition) is 4. The van der Waals surface area contributed by atoms with Gasteiger partial charge in [-0.05, 0) is 72.3 Å². The quantitative estimate of drug-likeness (QED) is 0.124. The van der Waals surface area contributed by atoms with E-state index in [-0.39, 0.29) is 0 Å². The fourth-order valence-corrected chi connectivity index (χ4v) is 10.2. The largest absolute Gasteiger partial charge is 0.208 e. The Bertz CT molecular complexity index is 3630. The van der Waals surface area contributed by atoms with Crippen molar-refractivity contribution in [3.8, 4) is 67.5 Å². The van der Waals surface area contributed by atoms with Gasteiger partial charge in [0.25, 0.3) is 0 Å². The van der Waals surface area contributed by atoms with Crippen LogP contribution in [0.3, 0.4) is 0 Å². The molecule has 0 aliphatic rings. The highest BCUT2D eigenvalue weighted by Crippen LogP contribution is 2.43. The zero-order valence-electron chi connectivity index (χ0n) is 33.0. The van der Waals surface area contributed by atoms with Crippen LogP contribution in [0.5, 0.6) is 0 Å². The maximum absolute atomic E-state index is 5.29. The van der Waals surface area contributed by atoms with Gasteiger partial charge in [-0.15, -0.1) is 11.3 Å². The Morgan fingerprint density at radius 2 is 0.820 bits per heavy atom. The van der Waals surface area contributed by atoms with E-state index in [4.69, 9.17) is 15.0 Å². The molecule has 2 aromatic heterocycles. The summed E-state index contributed by atoms with van der Waals surface area (Å²) in [5.41, 5.74) is 9.77. The first-order valence-electron chi connectivity index (χ1n) is 20.6. The van der Waals surface area contributed by atoms with Crippen LogP contribution in [-0.2, 0) is 0 Å². The summed E-state index contributed by atoms with van der Waals surface area (Å²) in [7, 11) is 0. The number of fused-ring (bicyclic) bond motifs is 7. The molecule has 2 heterocycles. The molecule has 0 radical (unpaired) electrons. The molecule has 0 saturated carbocycles. The maximum atomic E-state index is 5.29. The van der Waals surface area contributed by atoms with Crippen molar-refractivity contribution in [2.75, 3.05) is 0 Å². The Hall–Kier alpha value is -7.79. The van der Waals surface area contributed by atoms with Gasteiger partial charge in [0.15, 0.2) is 17.5 Å². The van der Waals surface area contributed by atoms with E-state index in [2.05, 4.69) is 206 Å². The smallest absolute Gasteiger partial charge is 0.164 e. The van der Waals surface area contributed by atoms with Crippen molar-refractivity contribution in [1.29, 1.82) is 0 Å². The third-order valence-corrected chi connectivity index (χ3v) is 13.2. The third-order valence-electron chi connectivity index (χ3n) is 11.9. The fourth-order valence-electron chi connectivity index (χ4n) is 8.99. The molecule has 12 aromatic rings. The average Bonchev–Trinajstić information content (AvgIpc) is 3.73. The van der Waals surface area contributed by atoms with Crippen LogP contribution in [0.1, 0.15) is 0 Å². The highest BCUT2D eigenvalue weighted by atomic mass is 32.1. The molecule has 0 unspecified atom stereocenters. The van der Waals surface area contributed by atoms with Crippen molar-refractivity contribution in [1.82, 2.24) is 15.0 Å². The van der Waals surface area contributed by atoms with Gasteiger partial charge in [0.05, 0.1) is 0 Å². The molecule has 12 rings (SSSR count). The molecular formula is C57H35N3S. The minimum atomic E-state index is 0.627. The zero-order chi connectivity index (χ0) is 40.3. The number of benzene rings is 10. The van der Waals surface area contributed by atoms with Gasteiger partial charge in [-0.2, -0.15) is 0 Å². The van der Waals surface area contributed by atoms with Gasteiger partial charge in [-0.3, -0.25) is 0 Å². The first-order chi connectivity index (χ1) is 30.2. The minimum Gasteiger partial charge on any atom is -0.208 e. The van der Waals surface area contributed by atoms with Crippen molar-refractivity contribution in [2.24, 2.45) is 0 Å². The summed E-state index contributed by atoms with van der Waals surface area (Å²) in [6.45, 7) is 0. The Balaban J connectivity index is 1.02. The first-order valence-corrected chi connectivity index (χ1v) is 21.4. The fraction of sp³-hybridized carbons (Fsp3) is 0. The molecule has 0 bridgehead atoms. The Labute approximate surface area is 356 Å². The van der Waals surface area contributed by atoms with E-state index in [9.17, 15) is 0 Å². The van der Waals surface area contributed by atoms with Crippen molar-refractivity contribution in [3.63, 3.8) is 0 Å². The number of rotatable bonds is 6. The molecule has 10 aromatic carbocycles. The van der Waals surface area contributed by atoms with Gasteiger partial charge in [0.1, 0.15) is 0 Å². The molecule has 0 saturated heterocycles. The van der Waals surface area contributed by atoms with E-state index >= 15 is 0 Å². The number of hydrogen-bond donors (Lipinski definition) is 0. The molecule has 0 fully saturated rings. The van der Waals surface area contributed by atoms with Crippen molar-refractivity contribution in [2.45, 2.75) is 0 Å². The SMILES string of the molecule is c1ccc(-c2ccc(-c3nc(-c4ccc(-c5c6ccccc6cc6c5ccc5ccccc56)cc4)nc(-c4ccccc4-c4cccc5c4sc4ccccc45)n3)cc2)cc1. The molecular weight excluding hydrogens is 759 g/mol. The predicted octanol–water partition coefficient (Wildman–Crippen LogP) is 15.7. The Kier molecular flexibility index (Phi) is 8.36. The van der Waals surface area contributed by atoms with Crippen LogP contribution in [0.25, 0.3) is 120 Å². The number of nitrogens with zero attached hydrogens (tertiary/aromatic N) is 3. The molecule has 61 heavy (non-hydrogen) atoms. The van der Waals surface area contributed by atoms with E-state index in [1.54, 1.807) is 0 Å². The monoisotopic (exact) mass is 793 g/mol. The molecule has 284 valence electrons. The number of aromatic nitrogens is 3. The lowest BCUT2D eigenvalue weighted by Crippen LogP contribution is -2.01. The van der Waals surface area contributed by atoms with Crippen LogP contribution < -0.4 is 0 Å². The molecule has 0 atom stereocenters. The summed E-state index contributed by atoms with van der Waals surface area (Å²) in [6.07, 6.45) is 0. The van der Waals surface area contributed by atoms with E-state index in [0.717, 1.165) is 33.4 Å². The Morgan fingerprint density at radius 1 is 0.279 bits per heavy atom. The molecule has 3 nitrogen and oxygen atoms in total. The van der Waals surface area contributed by atoms with E-state index < -0.39 is 0 Å². The summed E-state index contributed by atoms with van der Waals surface area (Å²) in [5.74, 6) is 1.89. The molecule has 0 N–H and O–H groups in total. The van der Waals surface area contributed by atoms with Crippen LogP contribution in [-0.4, -0.2) is 15.0 Å². The standard InChI is InChI=1S/C57H35N3S/c1-2-13-36(14-3-1)37-25-29-40(30-26-37)55-58-56(60-57(59-55)50-21-9-8-19-45(50)48-22-12-23-49-46-20-10-11-24-52(46)61-54(48)49)41-31-27-39(28-32-41)53-44-18-7-5-16-42(44)35-51-43-17-6-4-15-38(43)33-34-47(51)53/h1-35H. The lowest BCUT2D eigenvalue weighted by Gasteiger charge is -2.15. The maximum Gasteiger partial charge on any atom is 0.164 e. The predicted molar refractivity (Wildman–Crippen MR) is 258 cm³/mol. The van der Waals surface area contributed by atoms with Crippen LogP contribution in [0.2, 0.25) is 0 Å². The van der Waals surface area contributed by atoms with E-state index in [1.165, 1.54) is 69.2 Å². The minimum absolute atomic E-state index is 0.627. The van der Waals surface area contributed by atoms with Crippen LogP contribution in [0.4, 0.5) is 0 Å². The Morgan fingerprint density at radius 3 is 1.59 bits per heavy atom. The molecule has 0 spiro atoms. The van der Waals surface area contributed by atoms with Gasteiger partial charge in [0, 0.05) is 42.4 Å². The van der Waals surface area contributed by atoms with Crippen LogP contribution in [0.15, 0.2) is 212 Å². The summed E-state index contributed by atoms with van der Waals surface area (Å²) >= 11 is 1.83. The van der Waals surface area contributed by atoms with Crippen molar-refractivity contribution >= 4 is 63.8 Å².